The minimum absolute atomic E-state index is 0.142. The standard InChI is InChI=1S/C25H33ClN2O/c1-19(2)21-11-9-20(10-12-21)6-5-15-27-25(29)22-13-16-28(17-14-22)18-23-7-3-4-8-24(23)26/h3-4,7-12,19,22H,5-6,13-18H2,1-2H3,(H,27,29). The molecule has 1 amide bonds. The van der Waals surface area contributed by atoms with Gasteiger partial charge in [0.1, 0.15) is 0 Å². The maximum atomic E-state index is 12.5. The number of hydrogen-bond donors (Lipinski definition) is 1. The summed E-state index contributed by atoms with van der Waals surface area (Å²) in [4.78, 5) is 14.9. The van der Waals surface area contributed by atoms with Gasteiger partial charge in [-0.05, 0) is 67.4 Å². The van der Waals surface area contributed by atoms with Crippen LogP contribution in [0.2, 0.25) is 5.02 Å². The van der Waals surface area contributed by atoms with E-state index in [1.807, 2.05) is 18.2 Å². The van der Waals surface area contributed by atoms with Gasteiger partial charge in [-0.25, -0.2) is 0 Å². The zero-order valence-electron chi connectivity index (χ0n) is 17.7. The van der Waals surface area contributed by atoms with Gasteiger partial charge in [0.15, 0.2) is 0 Å². The van der Waals surface area contributed by atoms with Crippen molar-refractivity contribution in [1.29, 1.82) is 0 Å². The topological polar surface area (TPSA) is 32.3 Å². The first-order chi connectivity index (χ1) is 14.0. The largest absolute Gasteiger partial charge is 0.356 e. The Morgan fingerprint density at radius 3 is 2.45 bits per heavy atom. The Labute approximate surface area is 180 Å². The highest BCUT2D eigenvalue weighted by molar-refractivity contribution is 6.31. The summed E-state index contributed by atoms with van der Waals surface area (Å²) >= 11 is 6.27. The smallest absolute Gasteiger partial charge is 0.223 e. The third-order valence-electron chi connectivity index (χ3n) is 5.90. The van der Waals surface area contributed by atoms with Crippen LogP contribution in [-0.4, -0.2) is 30.4 Å². The van der Waals surface area contributed by atoms with Gasteiger partial charge < -0.3 is 5.32 Å². The minimum Gasteiger partial charge on any atom is -0.356 e. The number of carbonyl (C=O) groups is 1. The number of carbonyl (C=O) groups excluding carboxylic acids is 1. The molecular formula is C25H33ClN2O. The third-order valence-corrected chi connectivity index (χ3v) is 6.27. The molecule has 0 spiro atoms. The summed E-state index contributed by atoms with van der Waals surface area (Å²) in [6.07, 6.45) is 3.84. The maximum Gasteiger partial charge on any atom is 0.223 e. The Kier molecular flexibility index (Phi) is 8.14. The van der Waals surface area contributed by atoms with Crippen LogP contribution >= 0.6 is 11.6 Å². The van der Waals surface area contributed by atoms with Gasteiger partial charge in [-0.1, -0.05) is 67.9 Å². The molecule has 156 valence electrons. The Morgan fingerprint density at radius 2 is 1.79 bits per heavy atom. The number of hydrogen-bond acceptors (Lipinski definition) is 2. The molecule has 1 heterocycles. The first kappa shape index (κ1) is 21.9. The van der Waals surface area contributed by atoms with Crippen LogP contribution in [0.25, 0.3) is 0 Å². The normalized spacial score (nSPS) is 15.6. The van der Waals surface area contributed by atoms with Crippen molar-refractivity contribution in [3.05, 3.63) is 70.2 Å². The Hall–Kier alpha value is -1.84. The lowest BCUT2D eigenvalue weighted by molar-refractivity contribution is -0.126. The lowest BCUT2D eigenvalue weighted by atomic mass is 9.95. The first-order valence-electron chi connectivity index (χ1n) is 10.8. The number of halogens is 1. The van der Waals surface area contributed by atoms with Crippen LogP contribution in [0.5, 0.6) is 0 Å². The van der Waals surface area contributed by atoms with Gasteiger partial charge in [-0.2, -0.15) is 0 Å². The van der Waals surface area contributed by atoms with Crippen LogP contribution in [0.3, 0.4) is 0 Å². The quantitative estimate of drug-likeness (QED) is 0.586. The molecule has 29 heavy (non-hydrogen) atoms. The fourth-order valence-corrected chi connectivity index (χ4v) is 4.13. The number of piperidine rings is 1. The van der Waals surface area contributed by atoms with Crippen molar-refractivity contribution >= 4 is 17.5 Å². The van der Waals surface area contributed by atoms with Gasteiger partial charge in [0.05, 0.1) is 0 Å². The van der Waals surface area contributed by atoms with Crippen LogP contribution in [0.1, 0.15) is 55.7 Å². The molecule has 0 bridgehead atoms. The van der Waals surface area contributed by atoms with Crippen molar-refractivity contribution in [2.24, 2.45) is 5.92 Å². The van der Waals surface area contributed by atoms with Gasteiger partial charge in [0.2, 0.25) is 5.91 Å². The minimum atomic E-state index is 0.142. The fourth-order valence-electron chi connectivity index (χ4n) is 3.94. The van der Waals surface area contributed by atoms with Gasteiger partial charge in [-0.15, -0.1) is 0 Å². The Morgan fingerprint density at radius 1 is 1.10 bits per heavy atom. The molecule has 1 aliphatic rings. The SMILES string of the molecule is CC(C)c1ccc(CCCNC(=O)C2CCN(Cc3ccccc3Cl)CC2)cc1. The van der Waals surface area contributed by atoms with E-state index in [9.17, 15) is 4.79 Å². The molecule has 2 aromatic rings. The van der Waals surface area contributed by atoms with E-state index >= 15 is 0 Å². The number of amides is 1. The van der Waals surface area contributed by atoms with Crippen molar-refractivity contribution < 1.29 is 4.79 Å². The van der Waals surface area contributed by atoms with Gasteiger partial charge >= 0.3 is 0 Å². The number of likely N-dealkylation sites (tertiary alicyclic amines) is 1. The predicted molar refractivity (Wildman–Crippen MR) is 121 cm³/mol. The van der Waals surface area contributed by atoms with Crippen LogP contribution < -0.4 is 5.32 Å². The highest BCUT2D eigenvalue weighted by Gasteiger charge is 2.24. The molecule has 1 fully saturated rings. The summed E-state index contributed by atoms with van der Waals surface area (Å²) in [6.45, 7) is 7.95. The van der Waals surface area contributed by atoms with E-state index in [2.05, 4.69) is 54.4 Å². The first-order valence-corrected chi connectivity index (χ1v) is 11.2. The number of benzene rings is 2. The fraction of sp³-hybridized carbons (Fsp3) is 0.480. The molecular weight excluding hydrogens is 380 g/mol. The van der Waals surface area contributed by atoms with Crippen LogP contribution in [-0.2, 0) is 17.8 Å². The molecule has 4 heteroatoms. The second kappa shape index (κ2) is 10.8. The number of nitrogens with one attached hydrogen (secondary N) is 1. The highest BCUT2D eigenvalue weighted by Crippen LogP contribution is 2.22. The molecule has 0 saturated carbocycles. The molecule has 1 aliphatic heterocycles. The summed E-state index contributed by atoms with van der Waals surface area (Å²) in [7, 11) is 0. The monoisotopic (exact) mass is 412 g/mol. The molecule has 3 rings (SSSR count). The molecule has 1 N–H and O–H groups in total. The van der Waals surface area contributed by atoms with Crippen molar-refractivity contribution in [3.8, 4) is 0 Å². The van der Waals surface area contributed by atoms with Crippen molar-refractivity contribution in [2.75, 3.05) is 19.6 Å². The molecule has 3 nitrogen and oxygen atoms in total. The summed E-state index contributed by atoms with van der Waals surface area (Å²) in [5.74, 6) is 0.930. The van der Waals surface area contributed by atoms with Crippen molar-refractivity contribution in [3.63, 3.8) is 0 Å². The van der Waals surface area contributed by atoms with Gasteiger partial charge in [-0.3, -0.25) is 9.69 Å². The van der Waals surface area contributed by atoms with Crippen LogP contribution in [0, 0.1) is 5.92 Å². The third kappa shape index (κ3) is 6.58. The lowest BCUT2D eigenvalue weighted by Crippen LogP contribution is -2.40. The molecule has 0 radical (unpaired) electrons. The maximum absolute atomic E-state index is 12.5. The van der Waals surface area contributed by atoms with Gasteiger partial charge in [0.25, 0.3) is 0 Å². The van der Waals surface area contributed by atoms with E-state index in [1.54, 1.807) is 0 Å². The van der Waals surface area contributed by atoms with E-state index < -0.39 is 0 Å². The van der Waals surface area contributed by atoms with Crippen molar-refractivity contribution in [2.45, 2.75) is 52.0 Å². The van der Waals surface area contributed by atoms with Crippen LogP contribution in [0.4, 0.5) is 0 Å². The summed E-state index contributed by atoms with van der Waals surface area (Å²) < 4.78 is 0. The number of nitrogens with zero attached hydrogens (tertiary/aromatic N) is 1. The van der Waals surface area contributed by atoms with E-state index in [-0.39, 0.29) is 11.8 Å². The van der Waals surface area contributed by atoms with Gasteiger partial charge in [0, 0.05) is 24.0 Å². The molecule has 0 unspecified atom stereocenters. The highest BCUT2D eigenvalue weighted by atomic mass is 35.5. The number of rotatable bonds is 8. The van der Waals surface area contributed by atoms with Crippen molar-refractivity contribution in [1.82, 2.24) is 10.2 Å². The molecule has 0 atom stereocenters. The Bertz CT molecular complexity index is 780. The van der Waals surface area contributed by atoms with E-state index in [0.29, 0.717) is 5.92 Å². The molecule has 1 saturated heterocycles. The van der Waals surface area contributed by atoms with E-state index in [4.69, 9.17) is 11.6 Å². The van der Waals surface area contributed by atoms with E-state index in [0.717, 1.165) is 56.9 Å². The zero-order chi connectivity index (χ0) is 20.6. The second-order valence-corrected chi connectivity index (χ2v) is 8.84. The predicted octanol–water partition coefficient (Wildman–Crippen LogP) is 5.42. The Balaban J connectivity index is 1.34. The summed E-state index contributed by atoms with van der Waals surface area (Å²) in [5.41, 5.74) is 3.89. The average Bonchev–Trinajstić information content (AvgIpc) is 2.73. The zero-order valence-corrected chi connectivity index (χ0v) is 18.4. The second-order valence-electron chi connectivity index (χ2n) is 8.43. The van der Waals surface area contributed by atoms with Crippen LogP contribution in [0.15, 0.2) is 48.5 Å². The number of aryl methyl sites for hydroxylation is 1. The lowest BCUT2D eigenvalue weighted by Gasteiger charge is -2.31. The summed E-state index contributed by atoms with van der Waals surface area (Å²) in [5, 5.41) is 3.97. The molecule has 0 aromatic heterocycles. The summed E-state index contributed by atoms with van der Waals surface area (Å²) in [6, 6.07) is 16.9. The molecule has 0 aliphatic carbocycles. The molecule has 2 aromatic carbocycles. The van der Waals surface area contributed by atoms with E-state index in [1.165, 1.54) is 16.7 Å². The average molecular weight is 413 g/mol.